The number of hydrogen-bond donors (Lipinski definition) is 1. The standard InChI is InChI=1S/C7H9FN2O2/c1-4(2)10-6(8)5(3-9-10)7(11)12/h3-4H,1-2H3,(H,11,12). The highest BCUT2D eigenvalue weighted by atomic mass is 19.1. The zero-order valence-corrected chi connectivity index (χ0v) is 6.78. The van der Waals surface area contributed by atoms with Crippen molar-refractivity contribution in [3.05, 3.63) is 17.7 Å². The van der Waals surface area contributed by atoms with Crippen LogP contribution in [0, 0.1) is 5.95 Å². The van der Waals surface area contributed by atoms with E-state index in [1.54, 1.807) is 13.8 Å². The van der Waals surface area contributed by atoms with E-state index in [-0.39, 0.29) is 11.6 Å². The Morgan fingerprint density at radius 1 is 1.75 bits per heavy atom. The molecule has 66 valence electrons. The third-order valence-corrected chi connectivity index (χ3v) is 1.45. The van der Waals surface area contributed by atoms with Crippen molar-refractivity contribution in [2.75, 3.05) is 0 Å². The molecule has 0 atom stereocenters. The summed E-state index contributed by atoms with van der Waals surface area (Å²) in [6.07, 6.45) is 1.01. The number of rotatable bonds is 2. The average molecular weight is 172 g/mol. The first kappa shape index (κ1) is 8.70. The number of aromatic carboxylic acids is 1. The fraction of sp³-hybridized carbons (Fsp3) is 0.429. The molecule has 1 heterocycles. The highest BCUT2D eigenvalue weighted by molar-refractivity contribution is 5.87. The molecule has 1 aromatic heterocycles. The Labute approximate surface area is 68.6 Å². The molecule has 0 radical (unpaired) electrons. The van der Waals surface area contributed by atoms with Gasteiger partial charge in [0, 0.05) is 6.04 Å². The third kappa shape index (κ3) is 1.30. The van der Waals surface area contributed by atoms with E-state index >= 15 is 0 Å². The van der Waals surface area contributed by atoms with E-state index < -0.39 is 11.9 Å². The molecule has 1 rings (SSSR count). The lowest BCUT2D eigenvalue weighted by molar-refractivity contribution is 0.0691. The van der Waals surface area contributed by atoms with Crippen LogP contribution in [0.25, 0.3) is 0 Å². The van der Waals surface area contributed by atoms with Gasteiger partial charge in [0.05, 0.1) is 6.20 Å². The zero-order chi connectivity index (χ0) is 9.30. The Morgan fingerprint density at radius 2 is 2.33 bits per heavy atom. The van der Waals surface area contributed by atoms with Gasteiger partial charge < -0.3 is 5.11 Å². The minimum Gasteiger partial charge on any atom is -0.477 e. The minimum absolute atomic E-state index is 0.168. The van der Waals surface area contributed by atoms with E-state index in [0.717, 1.165) is 10.9 Å². The molecule has 0 saturated heterocycles. The fourth-order valence-corrected chi connectivity index (χ4v) is 0.851. The number of hydrogen-bond acceptors (Lipinski definition) is 2. The molecular weight excluding hydrogens is 163 g/mol. The fourth-order valence-electron chi connectivity index (χ4n) is 0.851. The average Bonchev–Trinajstić information content (AvgIpc) is 2.30. The predicted octanol–water partition coefficient (Wildman–Crippen LogP) is 1.30. The molecule has 5 heteroatoms. The summed E-state index contributed by atoms with van der Waals surface area (Å²) in [6, 6.07) is -0.168. The van der Waals surface area contributed by atoms with Crippen LogP contribution in [0.1, 0.15) is 30.2 Å². The normalized spacial score (nSPS) is 10.7. The summed E-state index contributed by atoms with van der Waals surface area (Å²) in [5.41, 5.74) is -0.385. The van der Waals surface area contributed by atoms with Crippen molar-refractivity contribution in [1.82, 2.24) is 9.78 Å². The SMILES string of the molecule is CC(C)n1ncc(C(=O)O)c1F. The Hall–Kier alpha value is -1.39. The van der Waals surface area contributed by atoms with Crippen LogP contribution in [0.3, 0.4) is 0 Å². The van der Waals surface area contributed by atoms with Crippen molar-refractivity contribution >= 4 is 5.97 Å². The maximum absolute atomic E-state index is 13.1. The molecule has 4 nitrogen and oxygen atoms in total. The lowest BCUT2D eigenvalue weighted by atomic mass is 10.3. The van der Waals surface area contributed by atoms with Crippen LogP contribution < -0.4 is 0 Å². The summed E-state index contributed by atoms with van der Waals surface area (Å²) in [7, 11) is 0. The first-order valence-corrected chi connectivity index (χ1v) is 3.50. The molecule has 0 aliphatic heterocycles. The quantitative estimate of drug-likeness (QED) is 0.731. The first-order chi connectivity index (χ1) is 5.54. The van der Waals surface area contributed by atoms with Crippen molar-refractivity contribution in [3.63, 3.8) is 0 Å². The van der Waals surface area contributed by atoms with Gasteiger partial charge in [-0.15, -0.1) is 0 Å². The second kappa shape index (κ2) is 2.92. The van der Waals surface area contributed by atoms with Gasteiger partial charge in [0.2, 0.25) is 5.95 Å². The summed E-state index contributed by atoms with van der Waals surface area (Å²) >= 11 is 0. The summed E-state index contributed by atoms with van der Waals surface area (Å²) in [5.74, 6) is -2.09. The van der Waals surface area contributed by atoms with E-state index in [9.17, 15) is 9.18 Å². The molecule has 0 aliphatic carbocycles. The third-order valence-electron chi connectivity index (χ3n) is 1.45. The van der Waals surface area contributed by atoms with Crippen LogP contribution in [-0.4, -0.2) is 20.9 Å². The van der Waals surface area contributed by atoms with Crippen molar-refractivity contribution in [3.8, 4) is 0 Å². The molecule has 12 heavy (non-hydrogen) atoms. The molecule has 0 aromatic carbocycles. The highest BCUT2D eigenvalue weighted by Crippen LogP contribution is 2.11. The lowest BCUT2D eigenvalue weighted by Crippen LogP contribution is -2.07. The van der Waals surface area contributed by atoms with Gasteiger partial charge in [-0.25, -0.2) is 9.48 Å². The molecular formula is C7H9FN2O2. The zero-order valence-electron chi connectivity index (χ0n) is 6.78. The molecule has 1 aromatic rings. The van der Waals surface area contributed by atoms with Crippen LogP contribution in [0.2, 0.25) is 0 Å². The molecule has 0 spiro atoms. The van der Waals surface area contributed by atoms with Gasteiger partial charge in [0.1, 0.15) is 5.56 Å². The summed E-state index contributed by atoms with van der Waals surface area (Å²) in [5, 5.41) is 12.1. The number of nitrogens with zero attached hydrogens (tertiary/aromatic N) is 2. The van der Waals surface area contributed by atoms with E-state index in [0.29, 0.717) is 0 Å². The van der Waals surface area contributed by atoms with Gasteiger partial charge in [-0.05, 0) is 13.8 Å². The van der Waals surface area contributed by atoms with Gasteiger partial charge in [-0.2, -0.15) is 9.49 Å². The van der Waals surface area contributed by atoms with Crippen LogP contribution in [0.15, 0.2) is 6.20 Å². The molecule has 0 fully saturated rings. The molecule has 0 saturated carbocycles. The van der Waals surface area contributed by atoms with Gasteiger partial charge in [-0.1, -0.05) is 0 Å². The number of carboxylic acid groups (broad SMARTS) is 1. The second-order valence-electron chi connectivity index (χ2n) is 2.69. The Balaban J connectivity index is 3.13. The van der Waals surface area contributed by atoms with Gasteiger partial charge in [0.15, 0.2) is 0 Å². The molecule has 1 N–H and O–H groups in total. The topological polar surface area (TPSA) is 55.1 Å². The van der Waals surface area contributed by atoms with E-state index in [4.69, 9.17) is 5.11 Å². The van der Waals surface area contributed by atoms with Crippen molar-refractivity contribution in [2.24, 2.45) is 0 Å². The van der Waals surface area contributed by atoms with Crippen molar-refractivity contribution in [1.29, 1.82) is 0 Å². The second-order valence-corrected chi connectivity index (χ2v) is 2.69. The molecule has 0 bridgehead atoms. The molecule has 0 amide bonds. The highest BCUT2D eigenvalue weighted by Gasteiger charge is 2.17. The summed E-state index contributed by atoms with van der Waals surface area (Å²) < 4.78 is 14.1. The van der Waals surface area contributed by atoms with Crippen molar-refractivity contribution < 1.29 is 14.3 Å². The predicted molar refractivity (Wildman–Crippen MR) is 39.5 cm³/mol. The van der Waals surface area contributed by atoms with E-state index in [1.165, 1.54) is 0 Å². The number of carbonyl (C=O) groups is 1. The Kier molecular flexibility index (Phi) is 2.12. The van der Waals surface area contributed by atoms with Gasteiger partial charge >= 0.3 is 5.97 Å². The van der Waals surface area contributed by atoms with Gasteiger partial charge in [0.25, 0.3) is 0 Å². The van der Waals surface area contributed by atoms with E-state index in [2.05, 4.69) is 5.10 Å². The molecule has 0 aliphatic rings. The number of halogens is 1. The Morgan fingerprint density at radius 3 is 2.58 bits per heavy atom. The molecule has 0 unspecified atom stereocenters. The summed E-state index contributed by atoms with van der Waals surface area (Å²) in [4.78, 5) is 10.4. The van der Waals surface area contributed by atoms with E-state index in [1.807, 2.05) is 0 Å². The van der Waals surface area contributed by atoms with Gasteiger partial charge in [-0.3, -0.25) is 0 Å². The van der Waals surface area contributed by atoms with Crippen LogP contribution in [-0.2, 0) is 0 Å². The largest absolute Gasteiger partial charge is 0.477 e. The first-order valence-electron chi connectivity index (χ1n) is 3.50. The minimum atomic E-state index is -1.29. The number of aromatic nitrogens is 2. The maximum atomic E-state index is 13.1. The maximum Gasteiger partial charge on any atom is 0.342 e. The smallest absolute Gasteiger partial charge is 0.342 e. The van der Waals surface area contributed by atoms with Crippen molar-refractivity contribution in [2.45, 2.75) is 19.9 Å². The summed E-state index contributed by atoms with van der Waals surface area (Å²) in [6.45, 7) is 3.45. The Bertz CT molecular complexity index is 306. The lowest BCUT2D eigenvalue weighted by Gasteiger charge is -2.04. The van der Waals surface area contributed by atoms with Crippen LogP contribution >= 0.6 is 0 Å². The monoisotopic (exact) mass is 172 g/mol. The van der Waals surface area contributed by atoms with Crippen LogP contribution in [0.4, 0.5) is 4.39 Å². The van der Waals surface area contributed by atoms with Crippen LogP contribution in [0.5, 0.6) is 0 Å². The number of carboxylic acids is 1.